The number of aliphatic hydroxyl groups is 1. The summed E-state index contributed by atoms with van der Waals surface area (Å²) < 4.78 is 3.05. The van der Waals surface area contributed by atoms with Crippen molar-refractivity contribution in [1.29, 1.82) is 0 Å². The minimum atomic E-state index is -0.848. The molecule has 0 aliphatic heterocycles. The summed E-state index contributed by atoms with van der Waals surface area (Å²) in [6.45, 7) is 2.43. The van der Waals surface area contributed by atoms with E-state index >= 15 is 0 Å². The molecule has 130 valence electrons. The third kappa shape index (κ3) is 3.09. The molecule has 6 nitrogen and oxygen atoms in total. The van der Waals surface area contributed by atoms with Crippen LogP contribution in [0.5, 0.6) is 0 Å². The maximum atomic E-state index is 12.8. The average molecular weight is 338 g/mol. The minimum absolute atomic E-state index is 0.229. The van der Waals surface area contributed by atoms with E-state index in [1.807, 2.05) is 30.3 Å². The van der Waals surface area contributed by atoms with Crippen LogP contribution < -0.4 is 5.56 Å². The number of hydrogen-bond acceptors (Lipinski definition) is 4. The van der Waals surface area contributed by atoms with Crippen molar-refractivity contribution >= 4 is 10.9 Å². The molecule has 4 rings (SSSR count). The van der Waals surface area contributed by atoms with Gasteiger partial charge in [-0.2, -0.15) is 10.2 Å². The summed E-state index contributed by atoms with van der Waals surface area (Å²) in [5.41, 5.74) is 0.175. The molecule has 0 unspecified atom stereocenters. The molecule has 1 fully saturated rings. The maximum absolute atomic E-state index is 12.8. The van der Waals surface area contributed by atoms with Gasteiger partial charge in [0.25, 0.3) is 5.56 Å². The fraction of sp³-hybridized carbons (Fsp3) is 0.421. The van der Waals surface area contributed by atoms with Gasteiger partial charge in [-0.05, 0) is 43.7 Å². The van der Waals surface area contributed by atoms with Crippen molar-refractivity contribution in [3.8, 4) is 5.69 Å². The van der Waals surface area contributed by atoms with Gasteiger partial charge < -0.3 is 5.11 Å². The van der Waals surface area contributed by atoms with E-state index < -0.39 is 5.60 Å². The van der Waals surface area contributed by atoms with E-state index in [9.17, 15) is 9.90 Å². The molecule has 6 heteroatoms. The number of hydrogen-bond donors (Lipinski definition) is 1. The van der Waals surface area contributed by atoms with Crippen LogP contribution in [0.4, 0.5) is 0 Å². The largest absolute Gasteiger partial charge is 0.388 e. The van der Waals surface area contributed by atoms with Crippen LogP contribution in [0, 0.1) is 5.92 Å². The Kier molecular flexibility index (Phi) is 3.92. The number of fused-ring (bicyclic) bond motifs is 1. The number of benzene rings is 1. The highest BCUT2D eigenvalue weighted by Crippen LogP contribution is 2.32. The molecule has 1 N–H and O–H groups in total. The zero-order valence-electron chi connectivity index (χ0n) is 14.3. The second kappa shape index (κ2) is 6.11. The lowest BCUT2D eigenvalue weighted by Gasteiger charge is -2.34. The molecular formula is C19H22N4O2. The molecule has 3 aromatic rings. The number of aromatic nitrogens is 4. The van der Waals surface area contributed by atoms with Gasteiger partial charge in [-0.1, -0.05) is 25.1 Å². The number of para-hydroxylation sites is 1. The molecule has 0 bridgehead atoms. The second-order valence-electron chi connectivity index (χ2n) is 7.23. The Morgan fingerprint density at radius 2 is 1.96 bits per heavy atom. The zero-order chi connectivity index (χ0) is 17.4. The number of rotatable bonds is 3. The summed E-state index contributed by atoms with van der Waals surface area (Å²) >= 11 is 0. The van der Waals surface area contributed by atoms with Gasteiger partial charge in [0.15, 0.2) is 5.52 Å². The molecule has 1 saturated carbocycles. The third-order valence-electron chi connectivity index (χ3n) is 5.19. The first-order valence-corrected chi connectivity index (χ1v) is 8.77. The monoisotopic (exact) mass is 338 g/mol. The summed E-state index contributed by atoms with van der Waals surface area (Å²) in [4.78, 5) is 12.8. The molecule has 0 saturated heterocycles. The van der Waals surface area contributed by atoms with Crippen molar-refractivity contribution in [2.24, 2.45) is 5.92 Å². The van der Waals surface area contributed by atoms with E-state index in [2.05, 4.69) is 17.1 Å². The quantitative estimate of drug-likeness (QED) is 0.796. The van der Waals surface area contributed by atoms with E-state index in [1.54, 1.807) is 17.1 Å². The molecule has 0 radical (unpaired) electrons. The van der Waals surface area contributed by atoms with Gasteiger partial charge in [-0.3, -0.25) is 4.79 Å². The van der Waals surface area contributed by atoms with Crippen LogP contribution in [0.15, 0.2) is 47.5 Å². The Bertz CT molecular complexity index is 937. The van der Waals surface area contributed by atoms with Gasteiger partial charge in [-0.15, -0.1) is 0 Å². The van der Waals surface area contributed by atoms with Gasteiger partial charge in [0.2, 0.25) is 0 Å². The summed E-state index contributed by atoms with van der Waals surface area (Å²) in [5.74, 6) is 0.633. The molecule has 2 aromatic heterocycles. The van der Waals surface area contributed by atoms with E-state index in [1.165, 1.54) is 4.68 Å². The van der Waals surface area contributed by atoms with Crippen molar-refractivity contribution in [1.82, 2.24) is 19.6 Å². The standard InChI is InChI=1S/C19H22N4O2/c1-14-7-9-19(25,10-8-14)13-23-18(24)17-15(11-20-23)12-22(21-17)16-5-3-2-4-6-16/h2-6,11-12,14,25H,7-10,13H2,1H3. The highest BCUT2D eigenvalue weighted by atomic mass is 16.3. The van der Waals surface area contributed by atoms with Crippen LogP contribution in [0.25, 0.3) is 16.6 Å². The molecule has 1 aliphatic carbocycles. The van der Waals surface area contributed by atoms with Crippen molar-refractivity contribution in [3.63, 3.8) is 0 Å². The van der Waals surface area contributed by atoms with Crippen LogP contribution in [0.1, 0.15) is 32.6 Å². The fourth-order valence-electron chi connectivity index (χ4n) is 3.52. The molecule has 1 aliphatic rings. The van der Waals surface area contributed by atoms with Gasteiger partial charge in [0.05, 0.1) is 24.0 Å². The molecule has 2 heterocycles. The Hall–Kier alpha value is -2.47. The minimum Gasteiger partial charge on any atom is -0.388 e. The van der Waals surface area contributed by atoms with Gasteiger partial charge in [0.1, 0.15) is 0 Å². The highest BCUT2D eigenvalue weighted by molar-refractivity contribution is 5.76. The van der Waals surface area contributed by atoms with Crippen LogP contribution in [-0.4, -0.2) is 30.3 Å². The van der Waals surface area contributed by atoms with E-state index in [4.69, 9.17) is 0 Å². The van der Waals surface area contributed by atoms with Crippen molar-refractivity contribution in [3.05, 3.63) is 53.1 Å². The van der Waals surface area contributed by atoms with Gasteiger partial charge in [0, 0.05) is 11.6 Å². The lowest BCUT2D eigenvalue weighted by molar-refractivity contribution is -0.0253. The lowest BCUT2D eigenvalue weighted by atomic mass is 9.79. The van der Waals surface area contributed by atoms with E-state index in [-0.39, 0.29) is 12.1 Å². The van der Waals surface area contributed by atoms with E-state index in [0.717, 1.165) is 18.5 Å². The SMILES string of the molecule is CC1CCC(O)(Cn2ncc3cn(-c4ccccc4)nc3c2=O)CC1. The summed E-state index contributed by atoms with van der Waals surface area (Å²) in [5, 5.41) is 20.2. The van der Waals surface area contributed by atoms with Gasteiger partial charge >= 0.3 is 0 Å². The maximum Gasteiger partial charge on any atom is 0.295 e. The van der Waals surface area contributed by atoms with Crippen LogP contribution in [0.3, 0.4) is 0 Å². The molecule has 25 heavy (non-hydrogen) atoms. The molecule has 0 atom stereocenters. The predicted octanol–water partition coefficient (Wildman–Crippen LogP) is 2.52. The van der Waals surface area contributed by atoms with Crippen LogP contribution in [-0.2, 0) is 6.54 Å². The zero-order valence-corrected chi connectivity index (χ0v) is 14.3. The normalized spacial score (nSPS) is 23.8. The Labute approximate surface area is 145 Å². The van der Waals surface area contributed by atoms with Gasteiger partial charge in [-0.25, -0.2) is 9.36 Å². The molecule has 0 spiro atoms. The second-order valence-corrected chi connectivity index (χ2v) is 7.23. The highest BCUT2D eigenvalue weighted by Gasteiger charge is 2.33. The lowest BCUT2D eigenvalue weighted by Crippen LogP contribution is -2.41. The summed E-state index contributed by atoms with van der Waals surface area (Å²) in [7, 11) is 0. The van der Waals surface area contributed by atoms with Crippen molar-refractivity contribution in [2.45, 2.75) is 44.8 Å². The van der Waals surface area contributed by atoms with Crippen molar-refractivity contribution < 1.29 is 5.11 Å². The summed E-state index contributed by atoms with van der Waals surface area (Å²) in [6.07, 6.45) is 6.84. The predicted molar refractivity (Wildman–Crippen MR) is 95.7 cm³/mol. The Morgan fingerprint density at radius 1 is 1.24 bits per heavy atom. The molecular weight excluding hydrogens is 316 g/mol. The number of nitrogens with zero attached hydrogens (tertiary/aromatic N) is 4. The van der Waals surface area contributed by atoms with Crippen molar-refractivity contribution in [2.75, 3.05) is 0 Å². The van der Waals surface area contributed by atoms with E-state index in [0.29, 0.717) is 29.7 Å². The average Bonchev–Trinajstić information content (AvgIpc) is 3.06. The Balaban J connectivity index is 1.67. The first kappa shape index (κ1) is 16.0. The Morgan fingerprint density at radius 3 is 2.68 bits per heavy atom. The first-order valence-electron chi connectivity index (χ1n) is 8.77. The van der Waals surface area contributed by atoms with Crippen LogP contribution >= 0.6 is 0 Å². The topological polar surface area (TPSA) is 72.9 Å². The fourth-order valence-corrected chi connectivity index (χ4v) is 3.52. The van der Waals surface area contributed by atoms with Crippen LogP contribution in [0.2, 0.25) is 0 Å². The first-order chi connectivity index (χ1) is 12.0. The molecule has 1 aromatic carbocycles. The smallest absolute Gasteiger partial charge is 0.295 e. The summed E-state index contributed by atoms with van der Waals surface area (Å²) in [6, 6.07) is 9.66. The molecule has 0 amide bonds. The third-order valence-corrected chi connectivity index (χ3v) is 5.19.